The van der Waals surface area contributed by atoms with Gasteiger partial charge in [-0.1, -0.05) is 75.6 Å². The third kappa shape index (κ3) is 2.53. The number of rotatable bonds is 2. The highest BCUT2D eigenvalue weighted by Gasteiger charge is 2.10. The maximum Gasteiger partial charge on any atom is 0.0644 e. The van der Waals surface area contributed by atoms with Crippen molar-refractivity contribution >= 4 is 15.9 Å². The fraction of sp³-hybridized carbons (Fsp3) is 0.200. The van der Waals surface area contributed by atoms with E-state index in [1.165, 1.54) is 22.3 Å². The van der Waals surface area contributed by atoms with Gasteiger partial charge in [-0.05, 0) is 25.0 Å². The second kappa shape index (κ2) is 4.84. The maximum absolute atomic E-state index is 3.76. The van der Waals surface area contributed by atoms with Crippen LogP contribution in [0.2, 0.25) is 0 Å². The Labute approximate surface area is 105 Å². The van der Waals surface area contributed by atoms with Crippen molar-refractivity contribution in [1.82, 2.24) is 0 Å². The second-order valence-corrected chi connectivity index (χ2v) is 5.11. The summed E-state index contributed by atoms with van der Waals surface area (Å²) in [5.41, 5.74) is 5.25. The summed E-state index contributed by atoms with van der Waals surface area (Å²) in [7, 11) is 0. The molecule has 0 bridgehead atoms. The summed E-state index contributed by atoms with van der Waals surface area (Å²) in [6.07, 6.45) is 0. The zero-order valence-corrected chi connectivity index (χ0v) is 11.2. The minimum Gasteiger partial charge on any atom is -0.0786 e. The van der Waals surface area contributed by atoms with Crippen molar-refractivity contribution in [2.75, 3.05) is 0 Å². The number of benzene rings is 2. The van der Waals surface area contributed by atoms with Gasteiger partial charge in [-0.3, -0.25) is 0 Å². The largest absolute Gasteiger partial charge is 0.0786 e. The fourth-order valence-electron chi connectivity index (χ4n) is 1.97. The zero-order valence-electron chi connectivity index (χ0n) is 9.57. The van der Waals surface area contributed by atoms with Crippen LogP contribution in [0.15, 0.2) is 48.5 Å². The molecule has 0 aromatic heterocycles. The van der Waals surface area contributed by atoms with Gasteiger partial charge < -0.3 is 0 Å². The van der Waals surface area contributed by atoms with Gasteiger partial charge >= 0.3 is 0 Å². The molecule has 1 unspecified atom stereocenters. The Kier molecular flexibility index (Phi) is 3.45. The molecule has 1 atom stereocenters. The SMILES string of the molecule is Cc1cc(C)cc(C(Br)c2ccccc2)c1. The number of alkyl halides is 1. The minimum absolute atomic E-state index is 0.285. The molecule has 0 nitrogen and oxygen atoms in total. The lowest BCUT2D eigenvalue weighted by Crippen LogP contribution is -1.93. The van der Waals surface area contributed by atoms with Crippen LogP contribution in [0.1, 0.15) is 27.1 Å². The summed E-state index contributed by atoms with van der Waals surface area (Å²) in [6, 6.07) is 17.2. The van der Waals surface area contributed by atoms with Crippen molar-refractivity contribution in [3.63, 3.8) is 0 Å². The Hall–Kier alpha value is -1.08. The van der Waals surface area contributed by atoms with E-state index < -0.39 is 0 Å². The van der Waals surface area contributed by atoms with Crippen molar-refractivity contribution in [1.29, 1.82) is 0 Å². The van der Waals surface area contributed by atoms with Crippen molar-refractivity contribution in [2.45, 2.75) is 18.7 Å². The lowest BCUT2D eigenvalue weighted by Gasteiger charge is -2.12. The van der Waals surface area contributed by atoms with Gasteiger partial charge in [0.05, 0.1) is 4.83 Å². The van der Waals surface area contributed by atoms with Crippen LogP contribution in [0.4, 0.5) is 0 Å². The van der Waals surface area contributed by atoms with Crippen LogP contribution in [-0.4, -0.2) is 0 Å². The Morgan fingerprint density at radius 2 is 1.38 bits per heavy atom. The van der Waals surface area contributed by atoms with Crippen LogP contribution in [0.3, 0.4) is 0 Å². The van der Waals surface area contributed by atoms with E-state index >= 15 is 0 Å². The molecule has 0 radical (unpaired) electrons. The predicted molar refractivity (Wildman–Crippen MR) is 73.1 cm³/mol. The summed E-state index contributed by atoms with van der Waals surface area (Å²) in [6.45, 7) is 4.28. The maximum atomic E-state index is 3.76. The molecule has 0 spiro atoms. The van der Waals surface area contributed by atoms with Gasteiger partial charge in [-0.2, -0.15) is 0 Å². The molecule has 2 rings (SSSR count). The molecule has 2 aromatic rings. The number of halogens is 1. The first-order valence-electron chi connectivity index (χ1n) is 5.44. The van der Waals surface area contributed by atoms with Crippen LogP contribution in [-0.2, 0) is 0 Å². The summed E-state index contributed by atoms with van der Waals surface area (Å²) in [5.74, 6) is 0. The first kappa shape index (κ1) is 11.4. The standard InChI is InChI=1S/C15H15Br/c1-11-8-12(2)10-14(9-11)15(16)13-6-4-3-5-7-13/h3-10,15H,1-2H3. The number of aryl methyl sites for hydroxylation is 2. The van der Waals surface area contributed by atoms with E-state index in [-0.39, 0.29) is 4.83 Å². The number of hydrogen-bond donors (Lipinski definition) is 0. The summed E-state index contributed by atoms with van der Waals surface area (Å²) < 4.78 is 0. The normalized spacial score (nSPS) is 12.4. The molecule has 0 N–H and O–H groups in total. The molecular weight excluding hydrogens is 260 g/mol. The number of hydrogen-bond acceptors (Lipinski definition) is 0. The van der Waals surface area contributed by atoms with E-state index in [1.807, 2.05) is 6.07 Å². The molecule has 0 aliphatic rings. The molecule has 0 aliphatic carbocycles. The molecule has 82 valence electrons. The third-order valence-electron chi connectivity index (χ3n) is 2.63. The molecule has 0 saturated heterocycles. The van der Waals surface area contributed by atoms with E-state index in [1.54, 1.807) is 0 Å². The van der Waals surface area contributed by atoms with E-state index in [4.69, 9.17) is 0 Å². The summed E-state index contributed by atoms with van der Waals surface area (Å²) in [5, 5.41) is 0. The predicted octanol–water partition coefficient (Wildman–Crippen LogP) is 4.79. The van der Waals surface area contributed by atoms with Gasteiger partial charge in [0.1, 0.15) is 0 Å². The van der Waals surface area contributed by atoms with Gasteiger partial charge in [-0.15, -0.1) is 0 Å². The molecule has 16 heavy (non-hydrogen) atoms. The Balaban J connectivity index is 2.37. The Morgan fingerprint density at radius 3 is 1.94 bits per heavy atom. The lowest BCUT2D eigenvalue weighted by molar-refractivity contribution is 1.16. The van der Waals surface area contributed by atoms with Crippen molar-refractivity contribution < 1.29 is 0 Å². The van der Waals surface area contributed by atoms with E-state index in [0.29, 0.717) is 0 Å². The minimum atomic E-state index is 0.285. The second-order valence-electron chi connectivity index (χ2n) is 4.19. The highest BCUT2D eigenvalue weighted by Crippen LogP contribution is 2.31. The average molecular weight is 275 g/mol. The third-order valence-corrected chi connectivity index (χ3v) is 3.69. The van der Waals surface area contributed by atoms with E-state index in [2.05, 4.69) is 72.2 Å². The van der Waals surface area contributed by atoms with Crippen LogP contribution in [0, 0.1) is 13.8 Å². The van der Waals surface area contributed by atoms with Crippen molar-refractivity contribution in [3.8, 4) is 0 Å². The quantitative estimate of drug-likeness (QED) is 0.691. The molecule has 2 aromatic carbocycles. The molecule has 0 fully saturated rings. The molecular formula is C15H15Br. The van der Waals surface area contributed by atoms with Crippen molar-refractivity contribution in [3.05, 3.63) is 70.8 Å². The Morgan fingerprint density at radius 1 is 0.812 bits per heavy atom. The molecule has 0 amide bonds. The van der Waals surface area contributed by atoms with E-state index in [9.17, 15) is 0 Å². The zero-order chi connectivity index (χ0) is 11.5. The lowest BCUT2D eigenvalue weighted by atomic mass is 10.0. The van der Waals surface area contributed by atoms with Gasteiger partial charge in [-0.25, -0.2) is 0 Å². The highest BCUT2D eigenvalue weighted by molar-refractivity contribution is 9.09. The molecule has 1 heteroatoms. The first-order chi connectivity index (χ1) is 7.66. The first-order valence-corrected chi connectivity index (χ1v) is 6.35. The van der Waals surface area contributed by atoms with Crippen LogP contribution < -0.4 is 0 Å². The van der Waals surface area contributed by atoms with Crippen LogP contribution in [0.5, 0.6) is 0 Å². The van der Waals surface area contributed by atoms with Crippen molar-refractivity contribution in [2.24, 2.45) is 0 Å². The van der Waals surface area contributed by atoms with Gasteiger partial charge in [0.25, 0.3) is 0 Å². The summed E-state index contributed by atoms with van der Waals surface area (Å²) in [4.78, 5) is 0.285. The summed E-state index contributed by atoms with van der Waals surface area (Å²) >= 11 is 3.76. The highest BCUT2D eigenvalue weighted by atomic mass is 79.9. The smallest absolute Gasteiger partial charge is 0.0644 e. The molecule has 0 heterocycles. The monoisotopic (exact) mass is 274 g/mol. The average Bonchev–Trinajstić information content (AvgIpc) is 2.28. The van der Waals surface area contributed by atoms with Gasteiger partial charge in [0.15, 0.2) is 0 Å². The van der Waals surface area contributed by atoms with Gasteiger partial charge in [0, 0.05) is 0 Å². The van der Waals surface area contributed by atoms with E-state index in [0.717, 1.165) is 0 Å². The Bertz CT molecular complexity index is 454. The fourth-order valence-corrected chi connectivity index (χ4v) is 2.54. The van der Waals surface area contributed by atoms with Gasteiger partial charge in [0.2, 0.25) is 0 Å². The molecule has 0 saturated carbocycles. The molecule has 0 aliphatic heterocycles. The topological polar surface area (TPSA) is 0 Å². The van der Waals surface area contributed by atoms with Crippen LogP contribution >= 0.6 is 15.9 Å². The van der Waals surface area contributed by atoms with Crippen LogP contribution in [0.25, 0.3) is 0 Å².